The van der Waals surface area contributed by atoms with Gasteiger partial charge in [0.25, 0.3) is 0 Å². The average Bonchev–Trinajstić information content (AvgIpc) is 3.54. The van der Waals surface area contributed by atoms with Gasteiger partial charge < -0.3 is 22.1 Å². The summed E-state index contributed by atoms with van der Waals surface area (Å²) in [5.74, 6) is 0.436. The highest BCUT2D eigenvalue weighted by Crippen LogP contribution is 2.29. The van der Waals surface area contributed by atoms with E-state index in [1.165, 1.54) is 0 Å². The fraction of sp³-hybridized carbons (Fsp3) is 0.323. The lowest BCUT2D eigenvalue weighted by atomic mass is 9.81. The summed E-state index contributed by atoms with van der Waals surface area (Å²) in [4.78, 5) is 26.9. The Hall–Kier alpha value is -4.57. The fourth-order valence-electron chi connectivity index (χ4n) is 5.43. The lowest BCUT2D eigenvalue weighted by molar-refractivity contribution is -0.130. The number of carbonyl (C=O) groups is 2. The van der Waals surface area contributed by atoms with Crippen LogP contribution < -0.4 is 22.1 Å². The van der Waals surface area contributed by atoms with Crippen LogP contribution in [0.25, 0.3) is 22.5 Å². The molecule has 4 aromatic rings. The van der Waals surface area contributed by atoms with E-state index in [1.807, 2.05) is 43.3 Å². The Morgan fingerprint density at radius 2 is 1.78 bits per heavy atom. The van der Waals surface area contributed by atoms with Crippen molar-refractivity contribution in [2.45, 2.75) is 45.1 Å². The molecule has 0 radical (unpaired) electrons. The molecule has 1 fully saturated rings. The Kier molecular flexibility index (Phi) is 8.69. The van der Waals surface area contributed by atoms with Gasteiger partial charge in [-0.3, -0.25) is 9.59 Å². The second kappa shape index (κ2) is 12.7. The predicted octanol–water partition coefficient (Wildman–Crippen LogP) is 3.86. The van der Waals surface area contributed by atoms with E-state index in [2.05, 4.69) is 37.3 Å². The van der Waals surface area contributed by atoms with Crippen LogP contribution in [0.5, 0.6) is 0 Å². The number of aromatic amines is 1. The Morgan fingerprint density at radius 3 is 2.49 bits per heavy atom. The molecule has 5 rings (SSSR count). The number of tetrazole rings is 1. The van der Waals surface area contributed by atoms with Gasteiger partial charge in [0.1, 0.15) is 6.04 Å². The number of amides is 2. The standard InChI is InChI=1S/C31H36N8O2/c1-19-5-12-25(33)17-27(19)24-4-2-3-21(15-24)16-28(35-30(40)23-8-6-20(18-32)7-9-23)31(41)34-26-13-10-22(11-14-26)29-36-38-39-37-29/h2-5,10-15,17,20,23,28H,6-9,16,18,32-33H2,1H3,(H,34,41)(H,35,40)(H,36,37,38,39)/t20?,23?,28-/m0/s1. The van der Waals surface area contributed by atoms with Gasteiger partial charge in [-0.1, -0.05) is 30.3 Å². The minimum atomic E-state index is -0.760. The van der Waals surface area contributed by atoms with Crippen LogP contribution in [0.2, 0.25) is 0 Å². The Morgan fingerprint density at radius 1 is 1.00 bits per heavy atom. The zero-order chi connectivity index (χ0) is 28.8. The summed E-state index contributed by atoms with van der Waals surface area (Å²) >= 11 is 0. The van der Waals surface area contributed by atoms with Crippen molar-refractivity contribution in [2.24, 2.45) is 17.6 Å². The van der Waals surface area contributed by atoms with E-state index in [1.54, 1.807) is 24.3 Å². The molecule has 2 amide bonds. The van der Waals surface area contributed by atoms with Crippen LogP contribution in [0.3, 0.4) is 0 Å². The van der Waals surface area contributed by atoms with Crippen LogP contribution in [0, 0.1) is 18.8 Å². The van der Waals surface area contributed by atoms with Crippen molar-refractivity contribution in [3.05, 3.63) is 77.9 Å². The van der Waals surface area contributed by atoms with Gasteiger partial charge in [-0.15, -0.1) is 10.2 Å². The summed E-state index contributed by atoms with van der Waals surface area (Å²) in [5.41, 5.74) is 18.0. The molecule has 1 heterocycles. The van der Waals surface area contributed by atoms with Crippen LogP contribution in [0.15, 0.2) is 66.7 Å². The minimum absolute atomic E-state index is 0.0871. The number of rotatable bonds is 9. The average molecular weight is 553 g/mol. The van der Waals surface area contributed by atoms with Crippen molar-refractivity contribution in [1.82, 2.24) is 25.9 Å². The van der Waals surface area contributed by atoms with Gasteiger partial charge in [-0.25, -0.2) is 0 Å². The fourth-order valence-corrected chi connectivity index (χ4v) is 5.43. The number of benzene rings is 3. The third-order valence-electron chi connectivity index (χ3n) is 7.88. The third-order valence-corrected chi connectivity index (χ3v) is 7.88. The molecule has 1 aliphatic rings. The van der Waals surface area contributed by atoms with Crippen molar-refractivity contribution in [3.8, 4) is 22.5 Å². The second-order valence-corrected chi connectivity index (χ2v) is 10.8. The molecule has 0 bridgehead atoms. The molecule has 41 heavy (non-hydrogen) atoms. The highest BCUT2D eigenvalue weighted by atomic mass is 16.2. The monoisotopic (exact) mass is 552 g/mol. The number of nitrogens with two attached hydrogens (primary N) is 2. The first-order valence-corrected chi connectivity index (χ1v) is 14.0. The molecule has 0 aliphatic heterocycles. The van der Waals surface area contributed by atoms with Gasteiger partial charge in [0.2, 0.25) is 17.6 Å². The van der Waals surface area contributed by atoms with E-state index in [4.69, 9.17) is 11.5 Å². The van der Waals surface area contributed by atoms with Crippen LogP contribution in [0.4, 0.5) is 11.4 Å². The number of hydrogen-bond donors (Lipinski definition) is 5. The van der Waals surface area contributed by atoms with Crippen LogP contribution >= 0.6 is 0 Å². The number of aromatic nitrogens is 4. The summed E-state index contributed by atoms with van der Waals surface area (Å²) < 4.78 is 0. The zero-order valence-corrected chi connectivity index (χ0v) is 23.1. The van der Waals surface area contributed by atoms with E-state index in [0.717, 1.165) is 53.5 Å². The second-order valence-electron chi connectivity index (χ2n) is 10.8. The quantitative estimate of drug-likeness (QED) is 0.197. The number of nitrogens with one attached hydrogen (secondary N) is 3. The molecule has 1 saturated carbocycles. The molecule has 0 spiro atoms. The van der Waals surface area contributed by atoms with Crippen molar-refractivity contribution in [3.63, 3.8) is 0 Å². The molecule has 1 aliphatic carbocycles. The van der Waals surface area contributed by atoms with E-state index >= 15 is 0 Å². The Balaban J connectivity index is 1.35. The topological polar surface area (TPSA) is 165 Å². The Bertz CT molecular complexity index is 1480. The van der Waals surface area contributed by atoms with E-state index in [0.29, 0.717) is 36.1 Å². The maximum Gasteiger partial charge on any atom is 0.247 e. The molecule has 10 nitrogen and oxygen atoms in total. The highest BCUT2D eigenvalue weighted by molar-refractivity contribution is 5.97. The highest BCUT2D eigenvalue weighted by Gasteiger charge is 2.29. The molecule has 212 valence electrons. The number of H-pyrrole nitrogens is 1. The Labute approximate surface area is 239 Å². The number of carbonyl (C=O) groups excluding carboxylic acids is 2. The molecule has 1 atom stereocenters. The number of anilines is 2. The molecule has 1 aromatic heterocycles. The zero-order valence-electron chi connectivity index (χ0n) is 23.1. The summed E-state index contributed by atoms with van der Waals surface area (Å²) in [5, 5.41) is 20.0. The van der Waals surface area contributed by atoms with Crippen LogP contribution in [-0.2, 0) is 16.0 Å². The lowest BCUT2D eigenvalue weighted by Crippen LogP contribution is -2.48. The van der Waals surface area contributed by atoms with Crippen molar-refractivity contribution < 1.29 is 9.59 Å². The van der Waals surface area contributed by atoms with Gasteiger partial charge >= 0.3 is 0 Å². The van der Waals surface area contributed by atoms with Gasteiger partial charge in [-0.05, 0) is 109 Å². The smallest absolute Gasteiger partial charge is 0.247 e. The largest absolute Gasteiger partial charge is 0.399 e. The SMILES string of the molecule is Cc1ccc(N)cc1-c1cccc(C[C@H](NC(=O)C2CCC(CN)CC2)C(=O)Nc2ccc(-c3nn[nH]n3)cc2)c1. The molecule has 0 unspecified atom stereocenters. The first-order chi connectivity index (χ1) is 19.9. The van der Waals surface area contributed by atoms with Crippen molar-refractivity contribution >= 4 is 23.2 Å². The lowest BCUT2D eigenvalue weighted by Gasteiger charge is -2.28. The number of nitrogens with zero attached hydrogens (tertiary/aromatic N) is 3. The third kappa shape index (κ3) is 6.96. The number of nitrogen functional groups attached to an aromatic ring is 1. The molecule has 7 N–H and O–H groups in total. The summed E-state index contributed by atoms with van der Waals surface area (Å²) in [6.07, 6.45) is 3.76. The van der Waals surface area contributed by atoms with Gasteiger partial charge in [-0.2, -0.15) is 5.21 Å². The van der Waals surface area contributed by atoms with E-state index in [9.17, 15) is 9.59 Å². The molecule has 10 heteroatoms. The van der Waals surface area contributed by atoms with Gasteiger partial charge in [0, 0.05) is 29.3 Å². The molecule has 3 aromatic carbocycles. The maximum absolute atomic E-state index is 13.6. The van der Waals surface area contributed by atoms with Gasteiger partial charge in [0.15, 0.2) is 0 Å². The predicted molar refractivity (Wildman–Crippen MR) is 159 cm³/mol. The molecule has 0 saturated heterocycles. The number of aryl methyl sites for hydroxylation is 1. The van der Waals surface area contributed by atoms with E-state index < -0.39 is 6.04 Å². The number of hydrogen-bond acceptors (Lipinski definition) is 7. The van der Waals surface area contributed by atoms with Crippen molar-refractivity contribution in [1.29, 1.82) is 0 Å². The van der Waals surface area contributed by atoms with Crippen molar-refractivity contribution in [2.75, 3.05) is 17.6 Å². The summed E-state index contributed by atoms with van der Waals surface area (Å²) in [6.45, 7) is 2.69. The minimum Gasteiger partial charge on any atom is -0.399 e. The van der Waals surface area contributed by atoms with Crippen LogP contribution in [-0.4, -0.2) is 45.0 Å². The first-order valence-electron chi connectivity index (χ1n) is 14.0. The van der Waals surface area contributed by atoms with Crippen LogP contribution in [0.1, 0.15) is 36.8 Å². The van der Waals surface area contributed by atoms with E-state index in [-0.39, 0.29) is 17.7 Å². The molecular formula is C31H36N8O2. The summed E-state index contributed by atoms with van der Waals surface area (Å²) in [6, 6.07) is 20.3. The molecular weight excluding hydrogens is 516 g/mol. The van der Waals surface area contributed by atoms with Gasteiger partial charge in [0.05, 0.1) is 0 Å². The normalized spacial score (nSPS) is 17.5. The summed E-state index contributed by atoms with van der Waals surface area (Å²) in [7, 11) is 0. The maximum atomic E-state index is 13.6. The first kappa shape index (κ1) is 28.0.